The molecule has 1 aromatic rings. The summed E-state index contributed by atoms with van der Waals surface area (Å²) in [5, 5.41) is 4.46. The second kappa shape index (κ2) is 6.18. The molecule has 0 aliphatic heterocycles. The molecule has 0 saturated heterocycles. The highest BCUT2D eigenvalue weighted by Crippen LogP contribution is 2.30. The number of hydrogen-bond acceptors (Lipinski definition) is 3. The van der Waals surface area contributed by atoms with Crippen LogP contribution in [0.2, 0.25) is 0 Å². The first-order valence-electron chi connectivity index (χ1n) is 7.06. The van der Waals surface area contributed by atoms with Crippen molar-refractivity contribution in [1.82, 2.24) is 4.90 Å². The Balaban J connectivity index is 1.77. The summed E-state index contributed by atoms with van der Waals surface area (Å²) in [4.78, 5) is 2.66. The molecule has 0 spiro atoms. The number of nitrogens with two attached hydrogens (primary N) is 1. The van der Waals surface area contributed by atoms with Crippen LogP contribution in [-0.2, 0) is 6.54 Å². The van der Waals surface area contributed by atoms with Crippen LogP contribution in [0.5, 0.6) is 0 Å². The smallest absolute Gasteiger partial charge is 0.0244 e. The average molecular weight is 266 g/mol. The summed E-state index contributed by atoms with van der Waals surface area (Å²) >= 11 is 1.80. The molecule has 102 valence electrons. The topological polar surface area (TPSA) is 29.3 Å². The van der Waals surface area contributed by atoms with Gasteiger partial charge in [-0.2, -0.15) is 11.3 Å². The molecule has 0 atom stereocenters. The third-order valence-electron chi connectivity index (χ3n) is 3.88. The Labute approximate surface area is 115 Å². The van der Waals surface area contributed by atoms with Gasteiger partial charge >= 0.3 is 0 Å². The lowest BCUT2D eigenvalue weighted by molar-refractivity contribution is 0.228. The van der Waals surface area contributed by atoms with E-state index in [1.165, 1.54) is 37.8 Å². The molecular formula is C15H26N2S. The van der Waals surface area contributed by atoms with Gasteiger partial charge in [0.25, 0.3) is 0 Å². The predicted octanol–water partition coefficient (Wildman–Crippen LogP) is 3.48. The fraction of sp³-hybridized carbons (Fsp3) is 0.733. The van der Waals surface area contributed by atoms with Crippen molar-refractivity contribution in [3.05, 3.63) is 22.4 Å². The van der Waals surface area contributed by atoms with Crippen LogP contribution in [0.25, 0.3) is 0 Å². The minimum Gasteiger partial charge on any atom is -0.330 e. The molecule has 0 amide bonds. The molecule has 1 saturated carbocycles. The fourth-order valence-corrected chi connectivity index (χ4v) is 2.97. The van der Waals surface area contributed by atoms with Crippen LogP contribution >= 0.6 is 11.3 Å². The molecule has 2 N–H and O–H groups in total. The van der Waals surface area contributed by atoms with E-state index < -0.39 is 0 Å². The zero-order valence-electron chi connectivity index (χ0n) is 11.7. The third kappa shape index (κ3) is 4.38. The van der Waals surface area contributed by atoms with Crippen LogP contribution < -0.4 is 5.73 Å². The normalized spacial score (nSPS) is 16.4. The van der Waals surface area contributed by atoms with Gasteiger partial charge in [-0.1, -0.05) is 13.8 Å². The minimum absolute atomic E-state index is 0.303. The summed E-state index contributed by atoms with van der Waals surface area (Å²) in [5.41, 5.74) is 7.57. The molecule has 0 unspecified atom stereocenters. The molecular weight excluding hydrogens is 240 g/mol. The zero-order chi connectivity index (χ0) is 13.0. The van der Waals surface area contributed by atoms with Crippen molar-refractivity contribution in [2.24, 2.45) is 11.1 Å². The Bertz CT molecular complexity index is 341. The van der Waals surface area contributed by atoms with E-state index in [1.807, 2.05) is 0 Å². The molecule has 0 bridgehead atoms. The average Bonchev–Trinajstić information content (AvgIpc) is 3.07. The summed E-state index contributed by atoms with van der Waals surface area (Å²) in [6, 6.07) is 3.11. The monoisotopic (exact) mass is 266 g/mol. The van der Waals surface area contributed by atoms with Gasteiger partial charge in [0, 0.05) is 12.6 Å². The largest absolute Gasteiger partial charge is 0.330 e. The molecule has 1 aliphatic rings. The van der Waals surface area contributed by atoms with Gasteiger partial charge in [-0.25, -0.2) is 0 Å². The van der Waals surface area contributed by atoms with E-state index in [0.29, 0.717) is 5.41 Å². The minimum atomic E-state index is 0.303. The van der Waals surface area contributed by atoms with E-state index in [-0.39, 0.29) is 0 Å². The highest BCUT2D eigenvalue weighted by Gasteiger charge is 2.29. The Morgan fingerprint density at radius 3 is 2.78 bits per heavy atom. The Kier molecular flexibility index (Phi) is 4.82. The third-order valence-corrected chi connectivity index (χ3v) is 4.61. The highest BCUT2D eigenvalue weighted by atomic mass is 32.1. The van der Waals surface area contributed by atoms with Gasteiger partial charge in [0.15, 0.2) is 0 Å². The molecule has 1 aliphatic carbocycles. The van der Waals surface area contributed by atoms with E-state index in [2.05, 4.69) is 35.6 Å². The first-order chi connectivity index (χ1) is 8.61. The van der Waals surface area contributed by atoms with Gasteiger partial charge in [-0.3, -0.25) is 4.90 Å². The Morgan fingerprint density at radius 1 is 1.44 bits per heavy atom. The van der Waals surface area contributed by atoms with Crippen molar-refractivity contribution in [2.75, 3.05) is 13.1 Å². The summed E-state index contributed by atoms with van der Waals surface area (Å²) in [6.07, 6.45) is 5.29. The SMILES string of the molecule is CC(C)(CN)CCCN(Cc1ccsc1)C1CC1. The van der Waals surface area contributed by atoms with Crippen molar-refractivity contribution in [2.45, 2.75) is 52.1 Å². The lowest BCUT2D eigenvalue weighted by atomic mass is 9.88. The maximum Gasteiger partial charge on any atom is 0.0244 e. The van der Waals surface area contributed by atoms with Gasteiger partial charge in [0.1, 0.15) is 0 Å². The van der Waals surface area contributed by atoms with E-state index >= 15 is 0 Å². The first kappa shape index (κ1) is 14.0. The predicted molar refractivity (Wildman–Crippen MR) is 79.8 cm³/mol. The van der Waals surface area contributed by atoms with Crippen molar-refractivity contribution < 1.29 is 0 Å². The van der Waals surface area contributed by atoms with Crippen LogP contribution in [0.1, 0.15) is 45.1 Å². The maximum atomic E-state index is 5.79. The van der Waals surface area contributed by atoms with Gasteiger partial charge < -0.3 is 5.73 Å². The molecule has 1 heterocycles. The molecule has 2 nitrogen and oxygen atoms in total. The highest BCUT2D eigenvalue weighted by molar-refractivity contribution is 7.07. The maximum absolute atomic E-state index is 5.79. The number of hydrogen-bond donors (Lipinski definition) is 1. The van der Waals surface area contributed by atoms with E-state index in [1.54, 1.807) is 11.3 Å². The van der Waals surface area contributed by atoms with Gasteiger partial charge in [0.05, 0.1) is 0 Å². The van der Waals surface area contributed by atoms with Crippen LogP contribution in [0.15, 0.2) is 16.8 Å². The summed E-state index contributed by atoms with van der Waals surface area (Å²) in [6.45, 7) is 7.70. The zero-order valence-corrected chi connectivity index (χ0v) is 12.5. The molecule has 1 fully saturated rings. The molecule has 2 rings (SSSR count). The molecule has 0 aromatic carbocycles. The molecule has 1 aromatic heterocycles. The number of thiophene rings is 1. The first-order valence-corrected chi connectivity index (χ1v) is 8.00. The van der Waals surface area contributed by atoms with Crippen LogP contribution in [0.4, 0.5) is 0 Å². The molecule has 3 heteroatoms. The second-order valence-electron chi connectivity index (χ2n) is 6.31. The number of rotatable bonds is 8. The van der Waals surface area contributed by atoms with E-state index in [0.717, 1.165) is 19.1 Å². The van der Waals surface area contributed by atoms with Crippen molar-refractivity contribution in [3.8, 4) is 0 Å². The van der Waals surface area contributed by atoms with Crippen molar-refractivity contribution in [3.63, 3.8) is 0 Å². The standard InChI is InChI=1S/C15H26N2S/c1-15(2,12-16)7-3-8-17(14-4-5-14)10-13-6-9-18-11-13/h6,9,11,14H,3-5,7-8,10,12,16H2,1-2H3. The van der Waals surface area contributed by atoms with Crippen molar-refractivity contribution in [1.29, 1.82) is 0 Å². The lowest BCUT2D eigenvalue weighted by Gasteiger charge is -2.26. The van der Waals surface area contributed by atoms with Crippen molar-refractivity contribution >= 4 is 11.3 Å². The van der Waals surface area contributed by atoms with E-state index in [4.69, 9.17) is 5.73 Å². The van der Waals surface area contributed by atoms with Gasteiger partial charge in [-0.05, 0) is 66.6 Å². The second-order valence-corrected chi connectivity index (χ2v) is 7.09. The summed E-state index contributed by atoms with van der Waals surface area (Å²) < 4.78 is 0. The molecule has 18 heavy (non-hydrogen) atoms. The van der Waals surface area contributed by atoms with Gasteiger partial charge in [0.2, 0.25) is 0 Å². The van der Waals surface area contributed by atoms with E-state index in [9.17, 15) is 0 Å². The fourth-order valence-electron chi connectivity index (χ4n) is 2.31. The molecule has 0 radical (unpaired) electrons. The summed E-state index contributed by atoms with van der Waals surface area (Å²) in [5.74, 6) is 0. The Morgan fingerprint density at radius 2 is 2.22 bits per heavy atom. The van der Waals surface area contributed by atoms with Crippen LogP contribution in [-0.4, -0.2) is 24.0 Å². The number of nitrogens with zero attached hydrogens (tertiary/aromatic N) is 1. The van der Waals surface area contributed by atoms with Crippen LogP contribution in [0, 0.1) is 5.41 Å². The van der Waals surface area contributed by atoms with Gasteiger partial charge in [-0.15, -0.1) is 0 Å². The quantitative estimate of drug-likeness (QED) is 0.780. The Hall–Kier alpha value is -0.380. The van der Waals surface area contributed by atoms with Crippen LogP contribution in [0.3, 0.4) is 0 Å². The lowest BCUT2D eigenvalue weighted by Crippen LogP contribution is -2.29. The summed E-state index contributed by atoms with van der Waals surface area (Å²) in [7, 11) is 0.